The summed E-state index contributed by atoms with van der Waals surface area (Å²) in [7, 11) is 0. The zero-order valence-corrected chi connectivity index (χ0v) is 12.3. The largest absolute Gasteiger partial charge is 0.382 e. The van der Waals surface area contributed by atoms with Gasteiger partial charge in [-0.2, -0.15) is 5.10 Å². The van der Waals surface area contributed by atoms with E-state index in [-0.39, 0.29) is 11.3 Å². The zero-order valence-electron chi connectivity index (χ0n) is 12.3. The van der Waals surface area contributed by atoms with Crippen molar-refractivity contribution in [3.8, 4) is 0 Å². The van der Waals surface area contributed by atoms with E-state index < -0.39 is 0 Å². The number of rotatable bonds is 2. The highest BCUT2D eigenvalue weighted by Crippen LogP contribution is 2.42. The van der Waals surface area contributed by atoms with Gasteiger partial charge < -0.3 is 10.6 Å². The zero-order chi connectivity index (χ0) is 15.0. The second kappa shape index (κ2) is 4.91. The highest BCUT2D eigenvalue weighted by Gasteiger charge is 2.42. The molecule has 0 saturated carbocycles. The smallest absolute Gasteiger partial charge is 0.271 e. The van der Waals surface area contributed by atoms with E-state index >= 15 is 0 Å². The fourth-order valence-electron chi connectivity index (χ4n) is 3.15. The number of anilines is 1. The molecule has 1 amide bonds. The first-order valence-corrected chi connectivity index (χ1v) is 7.12. The van der Waals surface area contributed by atoms with Crippen molar-refractivity contribution in [2.75, 3.05) is 18.8 Å². The van der Waals surface area contributed by atoms with Gasteiger partial charge in [0.2, 0.25) is 0 Å². The lowest BCUT2D eigenvalue weighted by atomic mass is 9.78. The molecule has 2 heterocycles. The van der Waals surface area contributed by atoms with Gasteiger partial charge in [0, 0.05) is 25.1 Å². The molecular formula is C16H20N4O. The Bertz CT molecular complexity index is 647. The Morgan fingerprint density at radius 2 is 2.10 bits per heavy atom. The molecule has 1 atom stereocenters. The first-order chi connectivity index (χ1) is 9.97. The molecule has 1 aliphatic rings. The maximum absolute atomic E-state index is 12.5. The second-order valence-electron chi connectivity index (χ2n) is 6.34. The summed E-state index contributed by atoms with van der Waals surface area (Å²) in [5.74, 6) is 0.644. The van der Waals surface area contributed by atoms with E-state index in [9.17, 15) is 4.79 Å². The SMILES string of the molecule is CC1(C)CN(C(=O)c2cc(N)n[nH]2)C[C@H]1c1ccccc1. The average Bonchev–Trinajstić information content (AvgIpc) is 3.02. The highest BCUT2D eigenvalue weighted by atomic mass is 16.2. The summed E-state index contributed by atoms with van der Waals surface area (Å²) < 4.78 is 0. The van der Waals surface area contributed by atoms with Gasteiger partial charge in [-0.25, -0.2) is 0 Å². The summed E-state index contributed by atoms with van der Waals surface area (Å²) in [4.78, 5) is 14.4. The van der Waals surface area contributed by atoms with Crippen LogP contribution in [0.1, 0.15) is 35.8 Å². The summed E-state index contributed by atoms with van der Waals surface area (Å²) in [6, 6.07) is 12.0. The monoisotopic (exact) mass is 284 g/mol. The van der Waals surface area contributed by atoms with E-state index in [1.54, 1.807) is 6.07 Å². The summed E-state index contributed by atoms with van der Waals surface area (Å²) in [6.07, 6.45) is 0. The van der Waals surface area contributed by atoms with Crippen molar-refractivity contribution in [1.29, 1.82) is 0 Å². The van der Waals surface area contributed by atoms with E-state index in [0.29, 0.717) is 17.4 Å². The van der Waals surface area contributed by atoms with Crippen LogP contribution in [-0.4, -0.2) is 34.1 Å². The van der Waals surface area contributed by atoms with Crippen molar-refractivity contribution in [3.05, 3.63) is 47.7 Å². The van der Waals surface area contributed by atoms with E-state index in [1.807, 2.05) is 23.1 Å². The molecule has 5 heteroatoms. The number of nitrogen functional groups attached to an aromatic ring is 1. The number of hydrogen-bond acceptors (Lipinski definition) is 3. The number of carbonyl (C=O) groups excluding carboxylic acids is 1. The van der Waals surface area contributed by atoms with E-state index in [0.717, 1.165) is 13.1 Å². The lowest BCUT2D eigenvalue weighted by Gasteiger charge is -2.25. The summed E-state index contributed by atoms with van der Waals surface area (Å²) in [5.41, 5.74) is 7.35. The van der Waals surface area contributed by atoms with Crippen molar-refractivity contribution in [1.82, 2.24) is 15.1 Å². The number of aromatic amines is 1. The van der Waals surface area contributed by atoms with Gasteiger partial charge in [0.1, 0.15) is 11.5 Å². The van der Waals surface area contributed by atoms with Gasteiger partial charge in [0.05, 0.1) is 0 Å². The number of aromatic nitrogens is 2. The number of nitrogens with one attached hydrogen (secondary N) is 1. The molecular weight excluding hydrogens is 264 g/mol. The van der Waals surface area contributed by atoms with Gasteiger partial charge in [0.25, 0.3) is 5.91 Å². The fraction of sp³-hybridized carbons (Fsp3) is 0.375. The third-order valence-electron chi connectivity index (χ3n) is 4.26. The molecule has 3 rings (SSSR count). The van der Waals surface area contributed by atoms with Crippen molar-refractivity contribution < 1.29 is 4.79 Å². The molecule has 0 radical (unpaired) electrons. The maximum atomic E-state index is 12.5. The minimum atomic E-state index is -0.0364. The molecule has 2 aromatic rings. The first kappa shape index (κ1) is 13.7. The van der Waals surface area contributed by atoms with Crippen LogP contribution in [0.25, 0.3) is 0 Å². The molecule has 1 aromatic carbocycles. The van der Waals surface area contributed by atoms with Gasteiger partial charge in [-0.3, -0.25) is 9.89 Å². The van der Waals surface area contributed by atoms with Crippen LogP contribution < -0.4 is 5.73 Å². The van der Waals surface area contributed by atoms with Gasteiger partial charge >= 0.3 is 0 Å². The van der Waals surface area contributed by atoms with E-state index in [2.05, 4.69) is 36.2 Å². The van der Waals surface area contributed by atoms with Crippen LogP contribution in [-0.2, 0) is 0 Å². The standard InChI is InChI=1S/C16H20N4O/c1-16(2)10-20(15(21)13-8-14(17)19-18-13)9-12(16)11-6-4-3-5-7-11/h3-8,12H,9-10H2,1-2H3,(H3,17,18,19)/t12-/m0/s1. The molecule has 1 saturated heterocycles. The number of hydrogen-bond donors (Lipinski definition) is 2. The number of H-pyrrole nitrogens is 1. The number of nitrogens with zero attached hydrogens (tertiary/aromatic N) is 2. The summed E-state index contributed by atoms with van der Waals surface area (Å²) >= 11 is 0. The van der Waals surface area contributed by atoms with Crippen molar-refractivity contribution in [2.24, 2.45) is 5.41 Å². The fourth-order valence-corrected chi connectivity index (χ4v) is 3.15. The predicted molar refractivity (Wildman–Crippen MR) is 81.9 cm³/mol. The minimum absolute atomic E-state index is 0.0364. The number of carbonyl (C=O) groups is 1. The molecule has 5 nitrogen and oxygen atoms in total. The third kappa shape index (κ3) is 2.51. The third-order valence-corrected chi connectivity index (χ3v) is 4.26. The molecule has 110 valence electrons. The van der Waals surface area contributed by atoms with Crippen LogP contribution in [0.3, 0.4) is 0 Å². The minimum Gasteiger partial charge on any atom is -0.382 e. The lowest BCUT2D eigenvalue weighted by Crippen LogP contribution is -2.30. The molecule has 0 aliphatic carbocycles. The Balaban J connectivity index is 1.83. The van der Waals surface area contributed by atoms with Crippen LogP contribution in [0, 0.1) is 5.41 Å². The van der Waals surface area contributed by atoms with Crippen LogP contribution in [0.5, 0.6) is 0 Å². The maximum Gasteiger partial charge on any atom is 0.271 e. The lowest BCUT2D eigenvalue weighted by molar-refractivity contribution is 0.0772. The van der Waals surface area contributed by atoms with Crippen LogP contribution in [0.4, 0.5) is 5.82 Å². The van der Waals surface area contributed by atoms with Crippen LogP contribution >= 0.6 is 0 Å². The van der Waals surface area contributed by atoms with Crippen LogP contribution in [0.2, 0.25) is 0 Å². The normalized spacial score (nSPS) is 20.7. The van der Waals surface area contributed by atoms with Crippen LogP contribution in [0.15, 0.2) is 36.4 Å². The highest BCUT2D eigenvalue weighted by molar-refractivity contribution is 5.93. The molecule has 0 bridgehead atoms. The topological polar surface area (TPSA) is 75.0 Å². The Hall–Kier alpha value is -2.30. The molecule has 3 N–H and O–H groups in total. The molecule has 1 aromatic heterocycles. The quantitative estimate of drug-likeness (QED) is 0.888. The van der Waals surface area contributed by atoms with E-state index in [4.69, 9.17) is 5.73 Å². The number of likely N-dealkylation sites (tertiary alicyclic amines) is 1. The predicted octanol–water partition coefficient (Wildman–Crippen LogP) is 2.26. The molecule has 21 heavy (non-hydrogen) atoms. The molecule has 1 aliphatic heterocycles. The molecule has 0 unspecified atom stereocenters. The Kier molecular flexibility index (Phi) is 3.20. The number of benzene rings is 1. The number of amides is 1. The molecule has 1 fully saturated rings. The van der Waals surface area contributed by atoms with Crippen molar-refractivity contribution in [2.45, 2.75) is 19.8 Å². The first-order valence-electron chi connectivity index (χ1n) is 7.12. The van der Waals surface area contributed by atoms with Crippen molar-refractivity contribution in [3.63, 3.8) is 0 Å². The summed E-state index contributed by atoms with van der Waals surface area (Å²) in [5, 5.41) is 6.53. The van der Waals surface area contributed by atoms with E-state index in [1.165, 1.54) is 5.56 Å². The average molecular weight is 284 g/mol. The Labute approximate surface area is 124 Å². The Morgan fingerprint density at radius 1 is 1.38 bits per heavy atom. The summed E-state index contributed by atoms with van der Waals surface area (Å²) in [6.45, 7) is 5.86. The Morgan fingerprint density at radius 3 is 2.71 bits per heavy atom. The second-order valence-corrected chi connectivity index (χ2v) is 6.34. The molecule has 0 spiro atoms. The number of nitrogens with two attached hydrogens (primary N) is 1. The van der Waals surface area contributed by atoms with Gasteiger partial charge in [-0.15, -0.1) is 0 Å². The van der Waals surface area contributed by atoms with Crippen molar-refractivity contribution >= 4 is 11.7 Å². The van der Waals surface area contributed by atoms with Gasteiger partial charge in [-0.1, -0.05) is 44.2 Å². The van der Waals surface area contributed by atoms with Gasteiger partial charge in [0.15, 0.2) is 0 Å². The van der Waals surface area contributed by atoms with Gasteiger partial charge in [-0.05, 0) is 11.0 Å².